The predicted molar refractivity (Wildman–Crippen MR) is 136 cm³/mol. The highest BCUT2D eigenvalue weighted by Gasteiger charge is 2.13. The molecular formula is C28H25Cl2N. The lowest BCUT2D eigenvalue weighted by atomic mass is 9.86. The Balaban J connectivity index is 1.45. The summed E-state index contributed by atoms with van der Waals surface area (Å²) < 4.78 is 0. The van der Waals surface area contributed by atoms with Crippen LogP contribution in [0.4, 0.5) is 0 Å². The van der Waals surface area contributed by atoms with E-state index < -0.39 is 0 Å². The number of rotatable bonds is 4. The molecule has 0 amide bonds. The van der Waals surface area contributed by atoms with Crippen molar-refractivity contribution >= 4 is 40.7 Å². The van der Waals surface area contributed by atoms with Gasteiger partial charge in [0.1, 0.15) is 0 Å². The molecule has 0 spiro atoms. The van der Waals surface area contributed by atoms with Gasteiger partial charge in [-0.05, 0) is 51.9 Å². The van der Waals surface area contributed by atoms with Gasteiger partial charge in [0, 0.05) is 22.7 Å². The first kappa shape index (κ1) is 21.6. The smallest absolute Gasteiger partial charge is 0.0684 e. The summed E-state index contributed by atoms with van der Waals surface area (Å²) in [5, 5.41) is 1.25. The summed E-state index contributed by atoms with van der Waals surface area (Å²) in [5.74, 6) is 0. The molecule has 3 aromatic carbocycles. The molecule has 1 aliphatic heterocycles. The SMILES string of the molecule is CC(C)(C)c1ccc(-c2ccc(/C=C/C3=NC(c4ccc(Cl)cc4Cl)=CC3)cc2)cc1. The lowest BCUT2D eigenvalue weighted by Gasteiger charge is -2.19. The normalized spacial score (nSPS) is 14.1. The Labute approximate surface area is 194 Å². The number of hydrogen-bond donors (Lipinski definition) is 0. The minimum atomic E-state index is 0.170. The Morgan fingerprint density at radius 3 is 2.06 bits per heavy atom. The first-order valence-corrected chi connectivity index (χ1v) is 11.2. The van der Waals surface area contributed by atoms with E-state index in [0.29, 0.717) is 10.0 Å². The van der Waals surface area contributed by atoms with Gasteiger partial charge < -0.3 is 0 Å². The van der Waals surface area contributed by atoms with Crippen molar-refractivity contribution in [3.63, 3.8) is 0 Å². The largest absolute Gasteiger partial charge is 0.253 e. The third-order valence-electron chi connectivity index (χ3n) is 5.44. The zero-order valence-corrected chi connectivity index (χ0v) is 19.5. The molecule has 0 aromatic heterocycles. The molecule has 0 atom stereocenters. The van der Waals surface area contributed by atoms with Gasteiger partial charge in [-0.25, -0.2) is 0 Å². The second-order valence-electron chi connectivity index (χ2n) is 8.80. The molecule has 1 nitrogen and oxygen atoms in total. The second-order valence-corrected chi connectivity index (χ2v) is 9.65. The van der Waals surface area contributed by atoms with E-state index >= 15 is 0 Å². The van der Waals surface area contributed by atoms with Crippen molar-refractivity contribution in [3.05, 3.63) is 106 Å². The van der Waals surface area contributed by atoms with E-state index in [0.717, 1.165) is 29.0 Å². The summed E-state index contributed by atoms with van der Waals surface area (Å²) in [6, 6.07) is 23.0. The molecule has 0 radical (unpaired) electrons. The van der Waals surface area contributed by atoms with Crippen molar-refractivity contribution in [2.75, 3.05) is 0 Å². The molecule has 0 aliphatic carbocycles. The molecule has 1 heterocycles. The third kappa shape index (κ3) is 5.18. The Morgan fingerprint density at radius 1 is 0.806 bits per heavy atom. The molecule has 0 fully saturated rings. The number of hydrogen-bond acceptors (Lipinski definition) is 1. The van der Waals surface area contributed by atoms with E-state index in [1.54, 1.807) is 6.07 Å². The van der Waals surface area contributed by atoms with Crippen molar-refractivity contribution in [1.82, 2.24) is 0 Å². The maximum Gasteiger partial charge on any atom is 0.0684 e. The van der Waals surface area contributed by atoms with Crippen LogP contribution in [-0.4, -0.2) is 5.71 Å². The highest BCUT2D eigenvalue weighted by Crippen LogP contribution is 2.31. The third-order valence-corrected chi connectivity index (χ3v) is 5.99. The molecule has 0 bridgehead atoms. The number of nitrogens with zero attached hydrogens (tertiary/aromatic N) is 1. The molecule has 4 rings (SSSR count). The molecule has 0 N–H and O–H groups in total. The van der Waals surface area contributed by atoms with Crippen LogP contribution in [0.2, 0.25) is 10.0 Å². The summed E-state index contributed by atoms with van der Waals surface area (Å²) in [6.45, 7) is 6.71. The minimum absolute atomic E-state index is 0.170. The predicted octanol–water partition coefficient (Wildman–Crippen LogP) is 8.86. The maximum atomic E-state index is 6.31. The van der Waals surface area contributed by atoms with Crippen molar-refractivity contribution in [2.24, 2.45) is 4.99 Å². The van der Waals surface area contributed by atoms with Crippen molar-refractivity contribution in [2.45, 2.75) is 32.6 Å². The first-order chi connectivity index (χ1) is 14.8. The standard InChI is InChI=1S/C28H25Cl2N/c1-28(2,3)22-11-9-21(10-12-22)20-7-4-19(5-8-20)6-14-24-15-17-27(31-24)25-16-13-23(29)18-26(25)30/h4-14,16-18H,15H2,1-3H3/b14-6+. The van der Waals surface area contributed by atoms with Gasteiger partial charge in [0.2, 0.25) is 0 Å². The Bertz CT molecular complexity index is 1180. The highest BCUT2D eigenvalue weighted by molar-refractivity contribution is 6.35. The van der Waals surface area contributed by atoms with Crippen molar-refractivity contribution in [1.29, 1.82) is 0 Å². The fraction of sp³-hybridized carbons (Fsp3) is 0.179. The number of allylic oxidation sites excluding steroid dienone is 2. The van der Waals surface area contributed by atoms with E-state index in [2.05, 4.69) is 87.5 Å². The lowest BCUT2D eigenvalue weighted by molar-refractivity contribution is 0.590. The number of aliphatic imine (C=N–C) groups is 1. The summed E-state index contributed by atoms with van der Waals surface area (Å²) in [6.07, 6.45) is 7.06. The van der Waals surface area contributed by atoms with Gasteiger partial charge in [-0.2, -0.15) is 0 Å². The average molecular weight is 446 g/mol. The van der Waals surface area contributed by atoms with Gasteiger partial charge >= 0.3 is 0 Å². The molecule has 1 aliphatic rings. The van der Waals surface area contributed by atoms with Gasteiger partial charge in [0.25, 0.3) is 0 Å². The molecule has 3 aromatic rings. The summed E-state index contributed by atoms with van der Waals surface area (Å²) in [5.41, 5.74) is 7.95. The average Bonchev–Trinajstić information content (AvgIpc) is 3.21. The van der Waals surface area contributed by atoms with Crippen LogP contribution < -0.4 is 0 Å². The van der Waals surface area contributed by atoms with Crippen LogP contribution >= 0.6 is 23.2 Å². The monoisotopic (exact) mass is 445 g/mol. The fourth-order valence-electron chi connectivity index (χ4n) is 3.56. The quantitative estimate of drug-likeness (QED) is 0.380. The fourth-order valence-corrected chi connectivity index (χ4v) is 4.07. The van der Waals surface area contributed by atoms with Crippen LogP contribution in [-0.2, 0) is 5.41 Å². The van der Waals surface area contributed by atoms with E-state index in [4.69, 9.17) is 28.2 Å². The van der Waals surface area contributed by atoms with Gasteiger partial charge in [-0.15, -0.1) is 0 Å². The highest BCUT2D eigenvalue weighted by atomic mass is 35.5. The van der Waals surface area contributed by atoms with Crippen LogP contribution in [0.25, 0.3) is 22.9 Å². The Hall–Kier alpha value is -2.61. The number of halogens is 2. The van der Waals surface area contributed by atoms with E-state index in [9.17, 15) is 0 Å². The second kappa shape index (κ2) is 8.86. The van der Waals surface area contributed by atoms with Gasteiger partial charge in [-0.1, -0.05) is 105 Å². The first-order valence-electron chi connectivity index (χ1n) is 10.4. The van der Waals surface area contributed by atoms with Crippen LogP contribution in [0.15, 0.2) is 83.9 Å². The van der Waals surface area contributed by atoms with Crippen LogP contribution in [0, 0.1) is 0 Å². The number of benzene rings is 3. The van der Waals surface area contributed by atoms with E-state index in [1.165, 1.54) is 16.7 Å². The molecule has 31 heavy (non-hydrogen) atoms. The molecule has 3 heteroatoms. The van der Waals surface area contributed by atoms with Crippen LogP contribution in [0.5, 0.6) is 0 Å². The summed E-state index contributed by atoms with van der Waals surface area (Å²) in [4.78, 5) is 4.72. The van der Waals surface area contributed by atoms with Gasteiger partial charge in [0.15, 0.2) is 0 Å². The minimum Gasteiger partial charge on any atom is -0.253 e. The topological polar surface area (TPSA) is 12.4 Å². The molecule has 0 saturated carbocycles. The Morgan fingerprint density at radius 2 is 1.45 bits per heavy atom. The van der Waals surface area contributed by atoms with Crippen LogP contribution in [0.1, 0.15) is 43.9 Å². The summed E-state index contributed by atoms with van der Waals surface area (Å²) >= 11 is 12.3. The maximum absolute atomic E-state index is 6.31. The zero-order valence-electron chi connectivity index (χ0n) is 18.0. The molecular weight excluding hydrogens is 421 g/mol. The Kier molecular flexibility index (Phi) is 6.18. The van der Waals surface area contributed by atoms with E-state index in [-0.39, 0.29) is 5.41 Å². The van der Waals surface area contributed by atoms with Gasteiger partial charge in [-0.3, -0.25) is 4.99 Å². The molecule has 156 valence electrons. The van der Waals surface area contributed by atoms with E-state index in [1.807, 2.05) is 12.1 Å². The van der Waals surface area contributed by atoms with Crippen LogP contribution in [0.3, 0.4) is 0 Å². The van der Waals surface area contributed by atoms with Crippen molar-refractivity contribution < 1.29 is 0 Å². The zero-order chi connectivity index (χ0) is 22.0. The summed E-state index contributed by atoms with van der Waals surface area (Å²) in [7, 11) is 0. The molecule has 0 saturated heterocycles. The van der Waals surface area contributed by atoms with Gasteiger partial charge in [0.05, 0.1) is 10.7 Å². The van der Waals surface area contributed by atoms with Crippen molar-refractivity contribution in [3.8, 4) is 11.1 Å². The molecule has 0 unspecified atom stereocenters. The lowest BCUT2D eigenvalue weighted by Crippen LogP contribution is -2.10.